The second-order valence-electron chi connectivity index (χ2n) is 6.12. The SMILES string of the molecule is CCc1coc(CNc2nsnc2Nc2cccc(C(=O)N(C)C)c2O)c1. The van der Waals surface area contributed by atoms with Gasteiger partial charge in [-0.05, 0) is 30.2 Å². The third-order valence-corrected chi connectivity index (χ3v) is 4.49. The highest BCUT2D eigenvalue weighted by Gasteiger charge is 2.17. The van der Waals surface area contributed by atoms with Crippen LogP contribution in [-0.4, -0.2) is 38.8 Å². The minimum atomic E-state index is -0.282. The first-order valence-corrected chi connectivity index (χ1v) is 9.16. The van der Waals surface area contributed by atoms with Crippen molar-refractivity contribution in [2.45, 2.75) is 19.9 Å². The molecule has 1 amide bonds. The Balaban J connectivity index is 1.75. The van der Waals surface area contributed by atoms with Crippen molar-refractivity contribution in [2.24, 2.45) is 0 Å². The smallest absolute Gasteiger partial charge is 0.257 e. The van der Waals surface area contributed by atoms with Crippen LogP contribution in [0, 0.1) is 0 Å². The van der Waals surface area contributed by atoms with E-state index in [4.69, 9.17) is 4.42 Å². The van der Waals surface area contributed by atoms with E-state index < -0.39 is 0 Å². The Morgan fingerprint density at radius 1 is 1.30 bits per heavy atom. The number of carbonyl (C=O) groups excluding carboxylic acids is 1. The minimum absolute atomic E-state index is 0.131. The molecule has 0 spiro atoms. The molecule has 0 aliphatic carbocycles. The van der Waals surface area contributed by atoms with E-state index in [2.05, 4.69) is 26.3 Å². The van der Waals surface area contributed by atoms with Gasteiger partial charge in [-0.25, -0.2) is 0 Å². The van der Waals surface area contributed by atoms with Gasteiger partial charge in [0.1, 0.15) is 5.76 Å². The maximum atomic E-state index is 12.2. The second-order valence-corrected chi connectivity index (χ2v) is 6.64. The molecule has 9 heteroatoms. The number of anilines is 3. The summed E-state index contributed by atoms with van der Waals surface area (Å²) < 4.78 is 13.9. The number of benzene rings is 1. The van der Waals surface area contributed by atoms with Gasteiger partial charge in [0, 0.05) is 14.1 Å². The molecule has 0 fully saturated rings. The van der Waals surface area contributed by atoms with Gasteiger partial charge in [0.25, 0.3) is 5.91 Å². The fraction of sp³-hybridized carbons (Fsp3) is 0.278. The van der Waals surface area contributed by atoms with Gasteiger partial charge in [-0.15, -0.1) is 0 Å². The van der Waals surface area contributed by atoms with Gasteiger partial charge in [-0.2, -0.15) is 8.75 Å². The second kappa shape index (κ2) is 8.09. The van der Waals surface area contributed by atoms with Crippen molar-refractivity contribution in [1.82, 2.24) is 13.6 Å². The molecule has 27 heavy (non-hydrogen) atoms. The predicted octanol–water partition coefficient (Wildman–Crippen LogP) is 3.46. The standard InChI is InChI=1S/C18H21N5O3S/c1-4-11-8-12(26-10-11)9-19-16-17(22-27-21-16)20-14-7-5-6-13(15(14)24)18(25)23(2)3/h5-8,10,24H,4,9H2,1-3H3,(H,19,21)(H,20,22). The molecule has 1 aromatic carbocycles. The van der Waals surface area contributed by atoms with E-state index in [-0.39, 0.29) is 17.2 Å². The number of nitrogens with one attached hydrogen (secondary N) is 2. The predicted molar refractivity (Wildman–Crippen MR) is 105 cm³/mol. The highest BCUT2D eigenvalue weighted by Crippen LogP contribution is 2.32. The monoisotopic (exact) mass is 387 g/mol. The molecule has 0 aliphatic rings. The number of amides is 1. The lowest BCUT2D eigenvalue weighted by Crippen LogP contribution is -2.21. The molecule has 8 nitrogen and oxygen atoms in total. The molecular weight excluding hydrogens is 366 g/mol. The van der Waals surface area contributed by atoms with Gasteiger partial charge in [-0.1, -0.05) is 13.0 Å². The maximum absolute atomic E-state index is 12.2. The van der Waals surface area contributed by atoms with Gasteiger partial charge < -0.3 is 25.1 Å². The van der Waals surface area contributed by atoms with E-state index in [9.17, 15) is 9.90 Å². The number of para-hydroxylation sites is 1. The zero-order valence-corrected chi connectivity index (χ0v) is 16.1. The van der Waals surface area contributed by atoms with Crippen LogP contribution in [0.4, 0.5) is 17.3 Å². The average Bonchev–Trinajstić information content (AvgIpc) is 3.30. The van der Waals surface area contributed by atoms with E-state index in [1.54, 1.807) is 38.6 Å². The van der Waals surface area contributed by atoms with E-state index in [1.807, 2.05) is 6.07 Å². The van der Waals surface area contributed by atoms with E-state index in [0.717, 1.165) is 29.5 Å². The Bertz CT molecular complexity index is 935. The normalized spacial score (nSPS) is 10.6. The molecule has 3 aromatic rings. The maximum Gasteiger partial charge on any atom is 0.257 e. The molecule has 0 radical (unpaired) electrons. The van der Waals surface area contributed by atoms with E-state index in [0.29, 0.717) is 23.9 Å². The number of hydrogen-bond acceptors (Lipinski definition) is 8. The van der Waals surface area contributed by atoms with Gasteiger partial charge >= 0.3 is 0 Å². The van der Waals surface area contributed by atoms with Crippen LogP contribution >= 0.6 is 11.7 Å². The van der Waals surface area contributed by atoms with Crippen molar-refractivity contribution >= 4 is 35.0 Å². The van der Waals surface area contributed by atoms with Crippen LogP contribution in [0.2, 0.25) is 0 Å². The molecule has 0 bridgehead atoms. The molecule has 2 aromatic heterocycles. The number of phenolic OH excluding ortho intramolecular Hbond substituents is 1. The van der Waals surface area contributed by atoms with E-state index >= 15 is 0 Å². The van der Waals surface area contributed by atoms with Crippen LogP contribution in [0.1, 0.15) is 28.6 Å². The van der Waals surface area contributed by atoms with E-state index in [1.165, 1.54) is 4.90 Å². The number of phenols is 1. The molecule has 3 N–H and O–H groups in total. The summed E-state index contributed by atoms with van der Waals surface area (Å²) in [7, 11) is 3.26. The number of aromatic nitrogens is 2. The lowest BCUT2D eigenvalue weighted by molar-refractivity contribution is 0.0824. The Kier molecular flexibility index (Phi) is 5.60. The van der Waals surface area contributed by atoms with Crippen molar-refractivity contribution in [1.29, 1.82) is 0 Å². The van der Waals surface area contributed by atoms with Gasteiger partial charge in [-0.3, -0.25) is 4.79 Å². The van der Waals surface area contributed by atoms with Crippen molar-refractivity contribution < 1.29 is 14.3 Å². The van der Waals surface area contributed by atoms with Crippen molar-refractivity contribution in [3.8, 4) is 5.75 Å². The van der Waals surface area contributed by atoms with Crippen LogP contribution in [0.25, 0.3) is 0 Å². The number of aromatic hydroxyl groups is 1. The molecule has 3 rings (SSSR count). The number of aryl methyl sites for hydroxylation is 1. The molecule has 0 unspecified atom stereocenters. The zero-order valence-electron chi connectivity index (χ0n) is 15.3. The van der Waals surface area contributed by atoms with Gasteiger partial charge in [0.05, 0.1) is 35.8 Å². The fourth-order valence-electron chi connectivity index (χ4n) is 2.45. The minimum Gasteiger partial charge on any atom is -0.505 e. The quantitative estimate of drug-likeness (QED) is 0.533. The zero-order chi connectivity index (χ0) is 19.4. The third kappa shape index (κ3) is 4.20. The number of furan rings is 1. The van der Waals surface area contributed by atoms with Crippen molar-refractivity contribution in [3.63, 3.8) is 0 Å². The van der Waals surface area contributed by atoms with Crippen LogP contribution in [0.5, 0.6) is 5.75 Å². The third-order valence-electron chi connectivity index (χ3n) is 3.96. The highest BCUT2D eigenvalue weighted by molar-refractivity contribution is 6.99. The Morgan fingerprint density at radius 2 is 2.07 bits per heavy atom. The summed E-state index contributed by atoms with van der Waals surface area (Å²) >= 11 is 1.04. The fourth-order valence-corrected chi connectivity index (χ4v) is 2.93. The van der Waals surface area contributed by atoms with Gasteiger partial charge in [0.2, 0.25) is 0 Å². The summed E-state index contributed by atoms with van der Waals surface area (Å²) in [5.74, 6) is 1.39. The van der Waals surface area contributed by atoms with Crippen LogP contribution in [-0.2, 0) is 13.0 Å². The summed E-state index contributed by atoms with van der Waals surface area (Å²) in [5.41, 5.74) is 1.73. The summed E-state index contributed by atoms with van der Waals surface area (Å²) in [6.45, 7) is 2.53. The number of rotatable bonds is 7. The summed E-state index contributed by atoms with van der Waals surface area (Å²) in [6, 6.07) is 6.93. The first kappa shape index (κ1) is 18.7. The Morgan fingerprint density at radius 3 is 2.78 bits per heavy atom. The number of carbonyl (C=O) groups is 1. The average molecular weight is 387 g/mol. The number of nitrogens with zero attached hydrogens (tertiary/aromatic N) is 3. The summed E-state index contributed by atoms with van der Waals surface area (Å²) in [6.07, 6.45) is 2.65. The van der Waals surface area contributed by atoms with Gasteiger partial charge in [0.15, 0.2) is 17.4 Å². The largest absolute Gasteiger partial charge is 0.505 e. The Hall–Kier alpha value is -3.07. The molecule has 0 saturated heterocycles. The molecule has 2 heterocycles. The molecule has 142 valence electrons. The first-order chi connectivity index (χ1) is 13.0. The first-order valence-electron chi connectivity index (χ1n) is 8.43. The topological polar surface area (TPSA) is 104 Å². The lowest BCUT2D eigenvalue weighted by Gasteiger charge is -2.14. The number of hydrogen-bond donors (Lipinski definition) is 3. The molecule has 0 atom stereocenters. The summed E-state index contributed by atoms with van der Waals surface area (Å²) in [4.78, 5) is 13.6. The van der Waals surface area contributed by atoms with Crippen molar-refractivity contribution in [3.05, 3.63) is 47.4 Å². The molecular formula is C18H21N5O3S. The van der Waals surface area contributed by atoms with Crippen molar-refractivity contribution in [2.75, 3.05) is 24.7 Å². The van der Waals surface area contributed by atoms with Crippen LogP contribution in [0.3, 0.4) is 0 Å². The lowest BCUT2D eigenvalue weighted by atomic mass is 10.1. The molecule has 0 aliphatic heterocycles. The van der Waals surface area contributed by atoms with Crippen LogP contribution in [0.15, 0.2) is 34.9 Å². The molecule has 0 saturated carbocycles. The Labute approximate surface area is 161 Å². The summed E-state index contributed by atoms with van der Waals surface area (Å²) in [5, 5.41) is 16.6. The highest BCUT2D eigenvalue weighted by atomic mass is 32.1. The van der Waals surface area contributed by atoms with Crippen LogP contribution < -0.4 is 10.6 Å².